The fraction of sp³-hybridized carbons (Fsp3) is 0.577. The molecule has 1 aromatic carbocycles. The van der Waals surface area contributed by atoms with Gasteiger partial charge < -0.3 is 152 Å². The number of benzene rings is 1. The summed E-state index contributed by atoms with van der Waals surface area (Å²) in [5.41, 5.74) is 11.4. The van der Waals surface area contributed by atoms with Crippen LogP contribution in [0.4, 0.5) is 0 Å². The molecule has 750 valence electrons. The lowest BCUT2D eigenvalue weighted by Gasteiger charge is -2.29. The second-order valence-corrected chi connectivity index (χ2v) is 31.0. The van der Waals surface area contributed by atoms with Crippen molar-refractivity contribution >= 4 is 173 Å². The Labute approximate surface area is 771 Å². The third kappa shape index (κ3) is 45.7. The predicted molar refractivity (Wildman–Crippen MR) is 453 cm³/mol. The average molecular weight is 1940 g/mol. The van der Waals surface area contributed by atoms with E-state index in [9.17, 15) is 191 Å². The van der Waals surface area contributed by atoms with Crippen molar-refractivity contribution in [2.75, 3.05) is 5.75 Å². The number of aliphatic hydroxyl groups excluding tert-OH is 1. The molecule has 0 aliphatic carbocycles. The van der Waals surface area contributed by atoms with Crippen molar-refractivity contribution in [1.29, 1.82) is 0 Å². The van der Waals surface area contributed by atoms with E-state index < -0.39 is 390 Å². The van der Waals surface area contributed by atoms with Crippen LogP contribution in [0.15, 0.2) is 30.3 Å². The van der Waals surface area contributed by atoms with Crippen LogP contribution in [0, 0.1) is 11.8 Å². The second kappa shape index (κ2) is 59.6. The maximum absolute atomic E-state index is 14.4. The van der Waals surface area contributed by atoms with Crippen LogP contribution >= 0.6 is 12.6 Å². The van der Waals surface area contributed by atoms with Crippen LogP contribution in [0.25, 0.3) is 0 Å². The fourth-order valence-corrected chi connectivity index (χ4v) is 12.3. The summed E-state index contributed by atoms with van der Waals surface area (Å²) in [6.07, 6.45) is -21.4. The SMILES string of the molecule is CC[C@H](C)[C@H](NC(=O)[C@H](CC(=O)O)NC(=O)[C@@H](NC(=O)[C@H](CC(=O)O)NC(=O)[C@H](CCC(=O)O)NC(=O)[C@H](CCC(=O)O)NC(=O)[C@H](CCC(=O)O)NC(=O)[C@H](CCC(N)=O)NC(=O)[C@H](CC(=O)O)NC(=O)[C@H](CC(=O)O)NC(=O)[C@H](CCC(=O)O)NC(=O)[C@H](CC(=O)O)NC(=O)[C@H](Cc1ccccc1)NC(=O)[C@H](CCC(=O)O)NC(=O)[C@@H](NC(=O)[C@@H](N)CS)[C@@H](C)CC)[C@@H](C)O)C(=O)O. The molecule has 31 N–H and O–H groups in total. The quantitative estimate of drug-likeness (QED) is 0.0269. The first kappa shape index (κ1) is 118. The molecule has 0 aliphatic rings. The Morgan fingerprint density at radius 1 is 0.281 bits per heavy atom. The minimum atomic E-state index is -2.56. The van der Waals surface area contributed by atoms with E-state index in [-0.39, 0.29) is 24.2 Å². The molecule has 0 saturated carbocycles. The Kier molecular flexibility index (Phi) is 52.1. The van der Waals surface area contributed by atoms with E-state index in [0.717, 1.165) is 6.92 Å². The first-order valence-electron chi connectivity index (χ1n) is 41.3. The van der Waals surface area contributed by atoms with Gasteiger partial charge >= 0.3 is 65.7 Å². The van der Waals surface area contributed by atoms with Crippen LogP contribution in [-0.2, 0) is 136 Å². The first-order valence-corrected chi connectivity index (χ1v) is 41.9. The molecular weight excluding hydrogens is 1830 g/mol. The largest absolute Gasteiger partial charge is 0.481 e. The summed E-state index contributed by atoms with van der Waals surface area (Å²) in [5, 5.41) is 148. The summed E-state index contributed by atoms with van der Waals surface area (Å²) in [6.45, 7) is 6.98. The van der Waals surface area contributed by atoms with Crippen LogP contribution in [0.1, 0.15) is 162 Å². The van der Waals surface area contributed by atoms with E-state index in [1.165, 1.54) is 37.3 Å². The molecule has 135 heavy (non-hydrogen) atoms. The number of primary amides is 1. The number of rotatable bonds is 67. The number of thiol groups is 1. The number of hydrogen-bond donors (Lipinski definition) is 30. The van der Waals surface area contributed by atoms with E-state index >= 15 is 0 Å². The number of nitrogens with one attached hydrogen (secondary N) is 15. The molecule has 0 spiro atoms. The van der Waals surface area contributed by atoms with E-state index in [1.807, 2.05) is 47.9 Å². The fourth-order valence-electron chi connectivity index (χ4n) is 12.1. The third-order valence-electron chi connectivity index (χ3n) is 19.9. The lowest BCUT2D eigenvalue weighted by molar-refractivity contribution is -0.145. The summed E-state index contributed by atoms with van der Waals surface area (Å²) in [4.78, 5) is 355. The lowest BCUT2D eigenvalue weighted by Crippen LogP contribution is -2.62. The number of amides is 16. The number of carboxylic acids is 11. The maximum Gasteiger partial charge on any atom is 0.326 e. The molecule has 0 radical (unpaired) electrons. The highest BCUT2D eigenvalue weighted by Crippen LogP contribution is 2.17. The highest BCUT2D eigenvalue weighted by Gasteiger charge is 2.42. The lowest BCUT2D eigenvalue weighted by atomic mass is 9.97. The monoisotopic (exact) mass is 1940 g/mol. The number of aliphatic hydroxyl groups is 1. The standard InChI is InChI=1S/C78H113N17O39S/c1-6-32(3)60(93-63(118)36(79)31-135)76(131)86-42(18-24-54(106)107)69(124)87-43(25-35-11-9-8-10-12-35)70(125)90-44(26-55(108)109)72(127)85-41(17-23-53(104)105)68(123)88-46(28-57(112)113)73(128)91-45(27-56(110)111)71(126)84-37(13-19-49(80)97)64(119)81-38(14-20-50(98)99)65(120)82-39(15-21-51(100)101)66(121)83-40(16-22-52(102)103)67(122)89-47(29-58(114)115)75(130)95-62(34(5)96)77(132)92-48(30-59(116)117)74(129)94-61(78(133)134)33(4)7-2/h8-12,32-34,36-48,60-62,96,135H,6-7,13-31,79H2,1-5H3,(H2,80,97)(H,81,119)(H,82,120)(H,83,121)(H,84,126)(H,85,127)(H,86,131)(H,87,124)(H,88,123)(H,89,122)(H,90,125)(H,91,128)(H,92,132)(H,93,118)(H,94,129)(H,95,130)(H,98,99)(H,100,101)(H,102,103)(H,104,105)(H,106,107)(H,108,109)(H,110,111)(H,112,113)(H,114,115)(H,116,117)(H,133,134)/t32-,33-,34+,36-,37-,38-,39-,40-,41-,42-,43-,44-,45-,46-,47-,48-,60-,61-,62-/m0/s1. The third-order valence-corrected chi connectivity index (χ3v) is 20.2. The summed E-state index contributed by atoms with van der Waals surface area (Å²) < 4.78 is 0. The zero-order valence-electron chi connectivity index (χ0n) is 73.2. The van der Waals surface area contributed by atoms with Gasteiger partial charge in [0.05, 0.1) is 44.2 Å². The van der Waals surface area contributed by atoms with Crippen molar-refractivity contribution in [2.24, 2.45) is 23.3 Å². The number of carbonyl (C=O) groups excluding carboxylic acids is 16. The Morgan fingerprint density at radius 3 is 0.748 bits per heavy atom. The normalized spacial score (nSPS) is 15.1. The predicted octanol–water partition coefficient (Wildman–Crippen LogP) is -9.72. The van der Waals surface area contributed by atoms with Crippen molar-refractivity contribution in [1.82, 2.24) is 79.8 Å². The minimum absolute atomic E-state index is 0.164. The van der Waals surface area contributed by atoms with Crippen molar-refractivity contribution in [3.8, 4) is 0 Å². The van der Waals surface area contributed by atoms with Crippen molar-refractivity contribution in [2.45, 2.75) is 266 Å². The molecule has 0 fully saturated rings. The molecule has 1 aromatic rings. The number of aliphatic carboxylic acids is 11. The van der Waals surface area contributed by atoms with E-state index in [2.05, 4.69) is 39.2 Å². The molecule has 0 heterocycles. The van der Waals surface area contributed by atoms with Crippen LogP contribution in [0.3, 0.4) is 0 Å². The van der Waals surface area contributed by atoms with Crippen molar-refractivity contribution < 1.29 is 191 Å². The Balaban J connectivity index is 3.92. The van der Waals surface area contributed by atoms with Crippen LogP contribution < -0.4 is 91.2 Å². The molecule has 19 atom stereocenters. The molecule has 16 amide bonds. The Bertz CT molecular complexity index is 4480. The highest BCUT2D eigenvalue weighted by atomic mass is 32.1. The van der Waals surface area contributed by atoms with Crippen molar-refractivity contribution in [3.05, 3.63) is 35.9 Å². The zero-order chi connectivity index (χ0) is 103. The van der Waals surface area contributed by atoms with E-state index in [1.54, 1.807) is 26.1 Å². The Hall–Kier alpha value is -14.8. The summed E-state index contributed by atoms with van der Waals surface area (Å²) in [6, 6.07) is -26.4. The van der Waals surface area contributed by atoms with Gasteiger partial charge in [-0.1, -0.05) is 70.9 Å². The van der Waals surface area contributed by atoms with Gasteiger partial charge in [-0.15, -0.1) is 0 Å². The van der Waals surface area contributed by atoms with Gasteiger partial charge in [0.2, 0.25) is 94.5 Å². The summed E-state index contributed by atoms with van der Waals surface area (Å²) in [7, 11) is 0. The first-order chi connectivity index (χ1) is 62.9. The smallest absolute Gasteiger partial charge is 0.326 e. The molecule has 57 heteroatoms. The molecule has 0 bridgehead atoms. The van der Waals surface area contributed by atoms with Crippen LogP contribution in [0.5, 0.6) is 0 Å². The van der Waals surface area contributed by atoms with Gasteiger partial charge in [0.15, 0.2) is 0 Å². The van der Waals surface area contributed by atoms with Crippen LogP contribution in [-0.4, -0.2) is 330 Å². The molecular formula is C78H113N17O39S. The molecule has 0 saturated heterocycles. The van der Waals surface area contributed by atoms with E-state index in [4.69, 9.17) is 11.5 Å². The van der Waals surface area contributed by atoms with Gasteiger partial charge in [0, 0.05) is 50.7 Å². The maximum atomic E-state index is 14.4. The number of carboxylic acid groups (broad SMARTS) is 11. The summed E-state index contributed by atoms with van der Waals surface area (Å²) >= 11 is 3.98. The number of nitrogens with two attached hydrogens (primary N) is 2. The van der Waals surface area contributed by atoms with Gasteiger partial charge in [0.1, 0.15) is 90.6 Å². The molecule has 1 rings (SSSR count). The molecule has 56 nitrogen and oxygen atoms in total. The average Bonchev–Trinajstić information content (AvgIpc) is 1.20. The number of hydrogen-bond acceptors (Lipinski definition) is 30. The van der Waals surface area contributed by atoms with E-state index in [0.29, 0.717) is 0 Å². The minimum Gasteiger partial charge on any atom is -0.481 e. The molecule has 0 aliphatic heterocycles. The van der Waals surface area contributed by atoms with Gasteiger partial charge in [-0.2, -0.15) is 12.6 Å². The van der Waals surface area contributed by atoms with Gasteiger partial charge in [0.25, 0.3) is 0 Å². The molecule has 0 unspecified atom stereocenters. The highest BCUT2D eigenvalue weighted by molar-refractivity contribution is 7.80. The zero-order valence-corrected chi connectivity index (χ0v) is 74.1. The Morgan fingerprint density at radius 2 is 0.496 bits per heavy atom. The summed E-state index contributed by atoms with van der Waals surface area (Å²) in [5.74, 6) is -45.1. The van der Waals surface area contributed by atoms with Gasteiger partial charge in [-0.25, -0.2) is 4.79 Å². The van der Waals surface area contributed by atoms with Crippen LogP contribution in [0.2, 0.25) is 0 Å². The second-order valence-electron chi connectivity index (χ2n) is 30.7. The number of carbonyl (C=O) groups is 27. The molecule has 0 aromatic heterocycles. The van der Waals surface area contributed by atoms with Gasteiger partial charge in [-0.05, 0) is 62.8 Å². The van der Waals surface area contributed by atoms with Crippen molar-refractivity contribution in [3.63, 3.8) is 0 Å². The van der Waals surface area contributed by atoms with Gasteiger partial charge in [-0.3, -0.25) is 125 Å². The topological polar surface area (TPSA) is 936 Å².